The summed E-state index contributed by atoms with van der Waals surface area (Å²) in [6.07, 6.45) is -6.15. The molecule has 0 saturated carbocycles. The van der Waals surface area contributed by atoms with Crippen LogP contribution in [0.3, 0.4) is 0 Å². The van der Waals surface area contributed by atoms with Gasteiger partial charge in [0.1, 0.15) is 23.8 Å². The van der Waals surface area contributed by atoms with Crippen molar-refractivity contribution in [2.45, 2.75) is 31.2 Å². The topological polar surface area (TPSA) is 136 Å². The average Bonchev–Trinajstić information content (AvgIpc) is 3.41. The van der Waals surface area contributed by atoms with E-state index in [4.69, 9.17) is 5.53 Å². The zero-order valence-electron chi connectivity index (χ0n) is 23.1. The van der Waals surface area contributed by atoms with Crippen molar-refractivity contribution in [3.05, 3.63) is 123 Å². The highest BCUT2D eigenvalue weighted by Gasteiger charge is 2.47. The molecule has 1 aliphatic rings. The van der Waals surface area contributed by atoms with Crippen LogP contribution in [0.25, 0.3) is 16.1 Å². The number of likely N-dealkylation sites (N-methyl/N-ethyl adjacent to an activating group) is 1. The Kier molecular flexibility index (Phi) is 8.39. The Bertz CT molecular complexity index is 1740. The van der Waals surface area contributed by atoms with Crippen molar-refractivity contribution in [2.24, 2.45) is 5.11 Å². The van der Waals surface area contributed by atoms with Gasteiger partial charge in [-0.1, -0.05) is 41.5 Å². The Morgan fingerprint density at radius 2 is 1.82 bits per heavy atom. The summed E-state index contributed by atoms with van der Waals surface area (Å²) in [5.41, 5.74) is 8.73. The van der Waals surface area contributed by atoms with Crippen molar-refractivity contribution in [3.63, 3.8) is 0 Å². The summed E-state index contributed by atoms with van der Waals surface area (Å²) >= 11 is 0. The van der Waals surface area contributed by atoms with Crippen LogP contribution in [0.5, 0.6) is 0 Å². The SMILES string of the molecule is CCN1C(=O)[C@@H](NC(=O)c2cccc(C(F)(F)F)c2)[C@@H](c2ccc(F)cc2)c2c([C@H](O)CN=[N+]=[N-])nn(-c3ccccc3)c21. The second-order valence-corrected chi connectivity index (χ2v) is 9.94. The van der Waals surface area contributed by atoms with E-state index in [1.54, 1.807) is 37.3 Å². The first-order valence-electron chi connectivity index (χ1n) is 13.5. The first kappa shape index (κ1) is 30.3. The quantitative estimate of drug-likeness (QED) is 0.115. The zero-order chi connectivity index (χ0) is 31.6. The molecule has 0 unspecified atom stereocenters. The molecule has 1 aliphatic heterocycles. The molecule has 0 spiro atoms. The maximum Gasteiger partial charge on any atom is 0.416 e. The molecule has 0 aliphatic carbocycles. The van der Waals surface area contributed by atoms with E-state index in [1.807, 2.05) is 0 Å². The lowest BCUT2D eigenvalue weighted by Gasteiger charge is -2.38. The van der Waals surface area contributed by atoms with E-state index in [9.17, 15) is 32.3 Å². The Morgan fingerprint density at radius 1 is 1.11 bits per heavy atom. The molecule has 226 valence electrons. The second-order valence-electron chi connectivity index (χ2n) is 9.94. The molecule has 10 nitrogen and oxygen atoms in total. The fourth-order valence-electron chi connectivity index (χ4n) is 5.31. The van der Waals surface area contributed by atoms with Crippen LogP contribution in [0.4, 0.5) is 23.4 Å². The molecule has 4 aromatic rings. The van der Waals surface area contributed by atoms with Crippen LogP contribution >= 0.6 is 0 Å². The van der Waals surface area contributed by atoms with Crippen LogP contribution in [0.15, 0.2) is 84.0 Å². The molecule has 1 aromatic heterocycles. The maximum atomic E-state index is 14.2. The second kappa shape index (κ2) is 12.2. The van der Waals surface area contributed by atoms with Crippen LogP contribution in [0.2, 0.25) is 0 Å². The number of aromatic nitrogens is 2. The predicted octanol–water partition coefficient (Wildman–Crippen LogP) is 5.67. The summed E-state index contributed by atoms with van der Waals surface area (Å²) in [6.45, 7) is 1.36. The Balaban J connectivity index is 1.73. The minimum absolute atomic E-state index is 0.0369. The van der Waals surface area contributed by atoms with Gasteiger partial charge in [-0.3, -0.25) is 14.5 Å². The number of alkyl halides is 3. The number of hydrogen-bond acceptors (Lipinski definition) is 5. The standard InChI is InChI=1S/C30H25F4N7O3/c1-2-40-28-24(25(22(42)16-36-39-35)38-41(28)21-9-4-3-5-10-21)23(17-11-13-20(31)14-12-17)26(29(40)44)37-27(43)18-7-6-8-19(15-18)30(32,33)34/h3-15,22-23,26,42H,2,16H2,1H3,(H,37,43)/t22-,23+,26+/m1/s1. The van der Waals surface area contributed by atoms with Gasteiger partial charge in [0.2, 0.25) is 0 Å². The first-order valence-corrected chi connectivity index (χ1v) is 13.5. The summed E-state index contributed by atoms with van der Waals surface area (Å²) in [4.78, 5) is 31.7. The van der Waals surface area contributed by atoms with Crippen LogP contribution in [0, 0.1) is 5.82 Å². The van der Waals surface area contributed by atoms with E-state index in [0.717, 1.165) is 24.3 Å². The number of fused-ring (bicyclic) bond motifs is 1. The summed E-state index contributed by atoms with van der Waals surface area (Å²) in [5, 5.41) is 21.9. The van der Waals surface area contributed by atoms with Crippen molar-refractivity contribution < 1.29 is 32.3 Å². The molecular formula is C30H25F4N7O3. The molecular weight excluding hydrogens is 582 g/mol. The molecule has 2 amide bonds. The summed E-state index contributed by atoms with van der Waals surface area (Å²) in [6, 6.07) is 16.2. The molecule has 0 radical (unpaired) electrons. The Hall–Kier alpha value is -5.20. The molecule has 44 heavy (non-hydrogen) atoms. The summed E-state index contributed by atoms with van der Waals surface area (Å²) in [7, 11) is 0. The van der Waals surface area contributed by atoms with E-state index in [-0.39, 0.29) is 29.2 Å². The molecule has 14 heteroatoms. The number of rotatable bonds is 8. The fourth-order valence-corrected chi connectivity index (χ4v) is 5.31. The van der Waals surface area contributed by atoms with E-state index >= 15 is 0 Å². The molecule has 3 aromatic carbocycles. The Labute approximate surface area is 248 Å². The molecule has 0 bridgehead atoms. The number of halogens is 4. The number of para-hydroxylation sites is 1. The highest BCUT2D eigenvalue weighted by atomic mass is 19.4. The number of aliphatic hydroxyl groups excluding tert-OH is 1. The minimum Gasteiger partial charge on any atom is -0.387 e. The summed E-state index contributed by atoms with van der Waals surface area (Å²) in [5.74, 6) is -2.95. The highest BCUT2D eigenvalue weighted by Crippen LogP contribution is 2.45. The van der Waals surface area contributed by atoms with Crippen LogP contribution < -0.4 is 10.2 Å². The molecule has 0 saturated heterocycles. The lowest BCUT2D eigenvalue weighted by atomic mass is 9.80. The largest absolute Gasteiger partial charge is 0.416 e. The smallest absolute Gasteiger partial charge is 0.387 e. The number of amides is 2. The number of benzene rings is 3. The van der Waals surface area contributed by atoms with Gasteiger partial charge in [-0.2, -0.15) is 18.3 Å². The molecule has 2 heterocycles. The van der Waals surface area contributed by atoms with Gasteiger partial charge in [0, 0.05) is 28.5 Å². The monoisotopic (exact) mass is 607 g/mol. The number of carbonyl (C=O) groups is 2. The third-order valence-corrected chi connectivity index (χ3v) is 7.28. The van der Waals surface area contributed by atoms with Gasteiger partial charge in [-0.15, -0.1) is 0 Å². The van der Waals surface area contributed by atoms with E-state index in [2.05, 4.69) is 20.4 Å². The van der Waals surface area contributed by atoms with Crippen molar-refractivity contribution in [3.8, 4) is 5.69 Å². The van der Waals surface area contributed by atoms with Crippen molar-refractivity contribution >= 4 is 17.6 Å². The zero-order valence-corrected chi connectivity index (χ0v) is 23.1. The van der Waals surface area contributed by atoms with E-state index in [0.29, 0.717) is 17.3 Å². The minimum atomic E-state index is -4.70. The third-order valence-electron chi connectivity index (χ3n) is 7.28. The maximum absolute atomic E-state index is 14.2. The number of carbonyl (C=O) groups excluding carboxylic acids is 2. The van der Waals surface area contributed by atoms with Gasteiger partial charge in [-0.05, 0) is 60.5 Å². The number of anilines is 1. The lowest BCUT2D eigenvalue weighted by molar-refractivity contribution is -0.137. The van der Waals surface area contributed by atoms with Crippen molar-refractivity contribution in [2.75, 3.05) is 18.0 Å². The molecule has 5 rings (SSSR count). The molecule has 3 atom stereocenters. The van der Waals surface area contributed by atoms with Crippen molar-refractivity contribution in [1.29, 1.82) is 0 Å². The van der Waals surface area contributed by atoms with Gasteiger partial charge in [-0.25, -0.2) is 9.07 Å². The van der Waals surface area contributed by atoms with Crippen LogP contribution in [0.1, 0.15) is 51.7 Å². The normalized spacial score (nSPS) is 17.0. The number of nitrogens with one attached hydrogen (secondary N) is 1. The molecule has 0 fully saturated rings. The summed E-state index contributed by atoms with van der Waals surface area (Å²) < 4.78 is 55.7. The van der Waals surface area contributed by atoms with Gasteiger partial charge >= 0.3 is 6.18 Å². The number of nitrogens with zero attached hydrogens (tertiary/aromatic N) is 6. The number of hydrogen-bond donors (Lipinski definition) is 2. The first-order chi connectivity index (χ1) is 21.0. The lowest BCUT2D eigenvalue weighted by Crippen LogP contribution is -2.55. The molecule has 2 N–H and O–H groups in total. The highest BCUT2D eigenvalue weighted by molar-refractivity contribution is 6.05. The van der Waals surface area contributed by atoms with Gasteiger partial charge in [0.15, 0.2) is 0 Å². The van der Waals surface area contributed by atoms with Gasteiger partial charge in [0.25, 0.3) is 11.8 Å². The van der Waals surface area contributed by atoms with E-state index in [1.165, 1.54) is 27.8 Å². The number of azide groups is 1. The van der Waals surface area contributed by atoms with Crippen LogP contribution in [-0.4, -0.2) is 45.8 Å². The Morgan fingerprint density at radius 3 is 2.45 bits per heavy atom. The predicted molar refractivity (Wildman–Crippen MR) is 152 cm³/mol. The van der Waals surface area contributed by atoms with Crippen LogP contribution in [-0.2, 0) is 11.0 Å². The van der Waals surface area contributed by atoms with Gasteiger partial charge in [0.05, 0.1) is 23.5 Å². The average molecular weight is 608 g/mol. The van der Waals surface area contributed by atoms with Gasteiger partial charge < -0.3 is 10.4 Å². The fraction of sp³-hybridized carbons (Fsp3) is 0.233. The van der Waals surface area contributed by atoms with E-state index < -0.39 is 54.0 Å². The number of aliphatic hydroxyl groups is 1. The third kappa shape index (κ3) is 5.72. The van der Waals surface area contributed by atoms with Crippen molar-refractivity contribution in [1.82, 2.24) is 15.1 Å².